The summed E-state index contributed by atoms with van der Waals surface area (Å²) in [6.07, 6.45) is 0. The number of hydrogen-bond acceptors (Lipinski definition) is 4. The van der Waals surface area contributed by atoms with Gasteiger partial charge in [-0.05, 0) is 49.2 Å². The highest BCUT2D eigenvalue weighted by molar-refractivity contribution is 6.32. The number of amides is 1. The molecule has 7 heteroatoms. The van der Waals surface area contributed by atoms with Crippen LogP contribution in [0.25, 0.3) is 5.76 Å². The predicted molar refractivity (Wildman–Crippen MR) is 108 cm³/mol. The molecule has 5 nitrogen and oxygen atoms in total. The number of carbonyl (C=O) groups is 3. The first-order valence-electron chi connectivity index (χ1n) is 8.48. The lowest BCUT2D eigenvalue weighted by atomic mass is 9.66. The number of rotatable bonds is 4. The summed E-state index contributed by atoms with van der Waals surface area (Å²) >= 11 is 12.1. The van der Waals surface area contributed by atoms with Gasteiger partial charge in [-0.1, -0.05) is 41.4 Å². The van der Waals surface area contributed by atoms with Crippen molar-refractivity contribution in [3.8, 4) is 0 Å². The molecule has 1 aliphatic rings. The Morgan fingerprint density at radius 1 is 1.07 bits per heavy atom. The molecule has 1 atom stereocenters. The van der Waals surface area contributed by atoms with Crippen molar-refractivity contribution in [1.82, 2.24) is 5.32 Å². The fraction of sp³-hybridized carbons (Fsp3) is 0.190. The number of nitrogens with one attached hydrogen (secondary N) is 1. The highest BCUT2D eigenvalue weighted by atomic mass is 35.5. The molecule has 1 aliphatic carbocycles. The van der Waals surface area contributed by atoms with Gasteiger partial charge in [0.1, 0.15) is 17.1 Å². The van der Waals surface area contributed by atoms with Crippen molar-refractivity contribution >= 4 is 46.4 Å². The number of halogens is 2. The van der Waals surface area contributed by atoms with Gasteiger partial charge in [-0.2, -0.15) is 0 Å². The fourth-order valence-corrected chi connectivity index (χ4v) is 3.63. The average Bonchev–Trinajstić information content (AvgIpc) is 2.65. The molecular formula is C21H17Cl2NO4. The van der Waals surface area contributed by atoms with Crippen molar-refractivity contribution in [2.45, 2.75) is 19.3 Å². The molecule has 0 saturated heterocycles. The number of aliphatic hydroxyl groups excluding tert-OH is 1. The van der Waals surface area contributed by atoms with E-state index in [2.05, 4.69) is 5.32 Å². The minimum absolute atomic E-state index is 0.247. The number of ketones is 2. The Hall–Kier alpha value is -2.63. The molecule has 0 unspecified atom stereocenters. The smallest absolute Gasteiger partial charge is 0.259 e. The van der Waals surface area contributed by atoms with Gasteiger partial charge in [0.25, 0.3) is 5.91 Å². The molecular weight excluding hydrogens is 401 g/mol. The van der Waals surface area contributed by atoms with Crippen LogP contribution in [0, 0.1) is 0 Å². The number of hydrogen-bond donors (Lipinski definition) is 2. The molecule has 0 aliphatic heterocycles. The normalized spacial score (nSPS) is 18.6. The molecule has 0 heterocycles. The lowest BCUT2D eigenvalue weighted by Crippen LogP contribution is -2.44. The van der Waals surface area contributed by atoms with Gasteiger partial charge in [-0.15, -0.1) is 0 Å². The van der Waals surface area contributed by atoms with E-state index in [0.717, 1.165) is 0 Å². The van der Waals surface area contributed by atoms with Crippen LogP contribution < -0.4 is 5.32 Å². The van der Waals surface area contributed by atoms with E-state index in [1.165, 1.54) is 13.0 Å². The van der Waals surface area contributed by atoms with Gasteiger partial charge >= 0.3 is 0 Å². The van der Waals surface area contributed by atoms with E-state index in [1.54, 1.807) is 43.3 Å². The SMILES string of the molecule is CC(=O)CNC(=O)C1=C(O)c2cc(Cl)ccc2[C@](C)(c2ccc(Cl)cc2)C1=O. The van der Waals surface area contributed by atoms with Crippen LogP contribution in [0.2, 0.25) is 10.0 Å². The summed E-state index contributed by atoms with van der Waals surface area (Å²) in [6, 6.07) is 11.5. The van der Waals surface area contributed by atoms with E-state index in [1.807, 2.05) is 0 Å². The number of carbonyl (C=O) groups excluding carboxylic acids is 3. The summed E-state index contributed by atoms with van der Waals surface area (Å²) < 4.78 is 0. The van der Waals surface area contributed by atoms with Crippen LogP contribution in [0.3, 0.4) is 0 Å². The van der Waals surface area contributed by atoms with Crippen molar-refractivity contribution in [2.75, 3.05) is 6.54 Å². The molecule has 3 rings (SSSR count). The van der Waals surface area contributed by atoms with Crippen LogP contribution in [-0.2, 0) is 19.8 Å². The zero-order valence-corrected chi connectivity index (χ0v) is 16.7. The quantitative estimate of drug-likeness (QED) is 0.739. The van der Waals surface area contributed by atoms with E-state index in [-0.39, 0.29) is 17.9 Å². The summed E-state index contributed by atoms with van der Waals surface area (Å²) in [7, 11) is 0. The van der Waals surface area contributed by atoms with E-state index in [0.29, 0.717) is 21.2 Å². The van der Waals surface area contributed by atoms with Gasteiger partial charge in [0.15, 0.2) is 5.78 Å². The number of aliphatic hydroxyl groups is 1. The minimum Gasteiger partial charge on any atom is -0.506 e. The van der Waals surface area contributed by atoms with Gasteiger partial charge in [-0.25, -0.2) is 0 Å². The number of Topliss-reactive ketones (excluding diaryl/α,β-unsaturated/α-hetero) is 2. The van der Waals surface area contributed by atoms with Gasteiger partial charge in [0.2, 0.25) is 0 Å². The molecule has 28 heavy (non-hydrogen) atoms. The second-order valence-electron chi connectivity index (χ2n) is 6.76. The third-order valence-corrected chi connectivity index (χ3v) is 5.33. The fourth-order valence-electron chi connectivity index (χ4n) is 3.34. The van der Waals surface area contributed by atoms with Gasteiger partial charge in [0, 0.05) is 15.6 Å². The molecule has 2 N–H and O–H groups in total. The average molecular weight is 418 g/mol. The summed E-state index contributed by atoms with van der Waals surface area (Å²) in [5.74, 6) is -2.14. The van der Waals surface area contributed by atoms with Gasteiger partial charge < -0.3 is 10.4 Å². The number of fused-ring (bicyclic) bond motifs is 1. The van der Waals surface area contributed by atoms with Crippen LogP contribution in [-0.4, -0.2) is 29.1 Å². The Morgan fingerprint density at radius 2 is 1.68 bits per heavy atom. The molecule has 0 aromatic heterocycles. The minimum atomic E-state index is -1.25. The second-order valence-corrected chi connectivity index (χ2v) is 7.63. The van der Waals surface area contributed by atoms with Crippen LogP contribution in [0.4, 0.5) is 0 Å². The molecule has 0 saturated carbocycles. The Balaban J connectivity index is 2.23. The van der Waals surface area contributed by atoms with Crippen LogP contribution in [0.1, 0.15) is 30.5 Å². The first-order chi connectivity index (χ1) is 13.2. The molecule has 144 valence electrons. The largest absolute Gasteiger partial charge is 0.506 e. The zero-order chi connectivity index (χ0) is 20.6. The van der Waals surface area contributed by atoms with E-state index < -0.39 is 28.4 Å². The second kappa shape index (κ2) is 7.41. The molecule has 0 bridgehead atoms. The zero-order valence-electron chi connectivity index (χ0n) is 15.2. The number of benzene rings is 2. The maximum atomic E-state index is 13.4. The Bertz CT molecular complexity index is 1030. The van der Waals surface area contributed by atoms with Crippen molar-refractivity contribution in [3.05, 3.63) is 74.8 Å². The van der Waals surface area contributed by atoms with Crippen LogP contribution in [0.5, 0.6) is 0 Å². The molecule has 0 radical (unpaired) electrons. The van der Waals surface area contributed by atoms with E-state index in [9.17, 15) is 19.5 Å². The van der Waals surface area contributed by atoms with Gasteiger partial charge in [-0.3, -0.25) is 14.4 Å². The molecule has 1 amide bonds. The topological polar surface area (TPSA) is 83.5 Å². The van der Waals surface area contributed by atoms with Crippen molar-refractivity contribution in [2.24, 2.45) is 0 Å². The molecule has 2 aromatic rings. The summed E-state index contributed by atoms with van der Waals surface area (Å²) in [5.41, 5.74) is -0.245. The van der Waals surface area contributed by atoms with Crippen molar-refractivity contribution in [3.63, 3.8) is 0 Å². The third-order valence-electron chi connectivity index (χ3n) is 4.84. The maximum absolute atomic E-state index is 13.4. The Morgan fingerprint density at radius 3 is 2.29 bits per heavy atom. The standard InChI is InChI=1S/C21H17Cl2NO4/c1-11(25)10-24-20(28)17-18(26)15-9-14(23)7-8-16(15)21(2,19(17)27)12-3-5-13(22)6-4-12/h3-9,26H,10H2,1-2H3,(H,24,28)/t21-/m0/s1. The first kappa shape index (κ1) is 20.1. The first-order valence-corrected chi connectivity index (χ1v) is 9.24. The summed E-state index contributed by atoms with van der Waals surface area (Å²) in [6.45, 7) is 2.74. The molecule has 0 spiro atoms. The lowest BCUT2D eigenvalue weighted by Gasteiger charge is -2.35. The summed E-state index contributed by atoms with van der Waals surface area (Å²) in [5, 5.41) is 13.9. The highest BCUT2D eigenvalue weighted by Gasteiger charge is 2.47. The monoisotopic (exact) mass is 417 g/mol. The summed E-state index contributed by atoms with van der Waals surface area (Å²) in [4.78, 5) is 37.3. The van der Waals surface area contributed by atoms with E-state index in [4.69, 9.17) is 23.2 Å². The molecule has 2 aromatic carbocycles. The molecule has 0 fully saturated rings. The Labute approximate surface area is 172 Å². The van der Waals surface area contributed by atoms with Crippen molar-refractivity contribution in [1.29, 1.82) is 0 Å². The Kier molecular flexibility index (Phi) is 5.33. The van der Waals surface area contributed by atoms with E-state index >= 15 is 0 Å². The third kappa shape index (κ3) is 3.32. The van der Waals surface area contributed by atoms with Crippen molar-refractivity contribution < 1.29 is 19.5 Å². The maximum Gasteiger partial charge on any atom is 0.259 e. The van der Waals surface area contributed by atoms with Gasteiger partial charge in [0.05, 0.1) is 12.0 Å². The van der Waals surface area contributed by atoms with Crippen LogP contribution >= 0.6 is 23.2 Å². The predicted octanol–water partition coefficient (Wildman–Crippen LogP) is 3.86. The lowest BCUT2D eigenvalue weighted by molar-refractivity contribution is -0.126. The highest BCUT2D eigenvalue weighted by Crippen LogP contribution is 2.44. The van der Waals surface area contributed by atoms with Crippen LogP contribution in [0.15, 0.2) is 48.0 Å².